The van der Waals surface area contributed by atoms with E-state index in [-0.39, 0.29) is 37.2 Å². The Morgan fingerprint density at radius 2 is 2.05 bits per heavy atom. The minimum atomic E-state index is -0.0751. The molecule has 0 aliphatic heterocycles. The number of Topliss-reactive ketones (excluding diaryl/α,β-unsaturated/α-hetero) is 1. The van der Waals surface area contributed by atoms with Gasteiger partial charge in [0.25, 0.3) is 0 Å². The van der Waals surface area contributed by atoms with E-state index in [1.807, 2.05) is 11.4 Å². The Morgan fingerprint density at radius 1 is 1.27 bits per heavy atom. The van der Waals surface area contributed by atoms with Gasteiger partial charge in [0.1, 0.15) is 0 Å². The van der Waals surface area contributed by atoms with Crippen LogP contribution in [0.5, 0.6) is 0 Å². The summed E-state index contributed by atoms with van der Waals surface area (Å²) < 4.78 is 0. The number of hydrogen-bond acceptors (Lipinski definition) is 4. The van der Waals surface area contributed by atoms with Crippen molar-refractivity contribution in [2.24, 2.45) is 5.92 Å². The van der Waals surface area contributed by atoms with Crippen LogP contribution in [0.25, 0.3) is 0 Å². The third-order valence-electron chi connectivity index (χ3n) is 4.38. The molecule has 1 aromatic heterocycles. The Bertz CT molecular complexity index is 466. The average Bonchev–Trinajstić information content (AvgIpc) is 3.07. The zero-order valence-electron chi connectivity index (χ0n) is 12.9. The van der Waals surface area contributed by atoms with E-state index in [0.29, 0.717) is 17.2 Å². The second kappa shape index (κ2) is 9.06. The van der Waals surface area contributed by atoms with Crippen molar-refractivity contribution < 1.29 is 14.7 Å². The SMILES string of the molecule is O=C(CCC(=O)c1cccs1)NC(CCO)C1CCCCC1. The number of nitrogens with one attached hydrogen (secondary N) is 1. The number of ketones is 1. The Morgan fingerprint density at radius 3 is 2.68 bits per heavy atom. The van der Waals surface area contributed by atoms with E-state index in [4.69, 9.17) is 0 Å². The van der Waals surface area contributed by atoms with Crippen molar-refractivity contribution in [2.75, 3.05) is 6.61 Å². The number of carbonyl (C=O) groups is 2. The fraction of sp³-hybridized carbons (Fsp3) is 0.647. The number of aliphatic hydroxyl groups is 1. The second-order valence-electron chi connectivity index (χ2n) is 5.98. The van der Waals surface area contributed by atoms with Crippen molar-refractivity contribution in [3.8, 4) is 0 Å². The molecule has 1 aliphatic rings. The molecular weight excluding hydrogens is 298 g/mol. The molecule has 0 bridgehead atoms. The van der Waals surface area contributed by atoms with Gasteiger partial charge >= 0.3 is 0 Å². The summed E-state index contributed by atoms with van der Waals surface area (Å²) in [6.45, 7) is 0.0928. The molecule has 0 aromatic carbocycles. The number of rotatable bonds is 8. The lowest BCUT2D eigenvalue weighted by Gasteiger charge is -2.30. The minimum absolute atomic E-state index is 0.0292. The fourth-order valence-electron chi connectivity index (χ4n) is 3.17. The predicted octanol–water partition coefficient (Wildman–Crippen LogP) is 3.16. The van der Waals surface area contributed by atoms with Crippen LogP contribution in [0.15, 0.2) is 17.5 Å². The summed E-state index contributed by atoms with van der Waals surface area (Å²) in [5, 5.41) is 14.1. The van der Waals surface area contributed by atoms with Gasteiger partial charge in [-0.15, -0.1) is 11.3 Å². The quantitative estimate of drug-likeness (QED) is 0.722. The van der Waals surface area contributed by atoms with Gasteiger partial charge in [-0.3, -0.25) is 9.59 Å². The summed E-state index contributed by atoms with van der Waals surface area (Å²) in [6.07, 6.45) is 7.02. The number of amides is 1. The highest BCUT2D eigenvalue weighted by Crippen LogP contribution is 2.27. The Labute approximate surface area is 135 Å². The molecular formula is C17H25NO3S. The highest BCUT2D eigenvalue weighted by molar-refractivity contribution is 7.12. The van der Waals surface area contributed by atoms with Crippen LogP contribution in [-0.4, -0.2) is 29.4 Å². The molecule has 0 radical (unpaired) electrons. The van der Waals surface area contributed by atoms with Crippen LogP contribution >= 0.6 is 11.3 Å². The predicted molar refractivity (Wildman–Crippen MR) is 88.1 cm³/mol. The minimum Gasteiger partial charge on any atom is -0.396 e. The third-order valence-corrected chi connectivity index (χ3v) is 5.29. The van der Waals surface area contributed by atoms with Crippen molar-refractivity contribution in [3.63, 3.8) is 0 Å². The summed E-state index contributed by atoms with van der Waals surface area (Å²) in [4.78, 5) is 24.7. The van der Waals surface area contributed by atoms with Crippen molar-refractivity contribution >= 4 is 23.0 Å². The average molecular weight is 323 g/mol. The van der Waals surface area contributed by atoms with Gasteiger partial charge in [-0.05, 0) is 36.6 Å². The van der Waals surface area contributed by atoms with E-state index in [2.05, 4.69) is 5.32 Å². The summed E-state index contributed by atoms with van der Waals surface area (Å²) >= 11 is 1.41. The molecule has 1 unspecified atom stereocenters. The van der Waals surface area contributed by atoms with Crippen LogP contribution in [0.1, 0.15) is 61.0 Å². The second-order valence-corrected chi connectivity index (χ2v) is 6.93. The van der Waals surface area contributed by atoms with E-state index >= 15 is 0 Å². The van der Waals surface area contributed by atoms with Gasteiger partial charge in [-0.1, -0.05) is 25.3 Å². The van der Waals surface area contributed by atoms with E-state index in [1.54, 1.807) is 6.07 Å². The van der Waals surface area contributed by atoms with Gasteiger partial charge in [-0.2, -0.15) is 0 Å². The Kier molecular flexibility index (Phi) is 7.06. The molecule has 2 N–H and O–H groups in total. The van der Waals surface area contributed by atoms with E-state index in [0.717, 1.165) is 12.8 Å². The molecule has 0 saturated heterocycles. The number of hydrogen-bond donors (Lipinski definition) is 2. The van der Waals surface area contributed by atoms with Gasteiger partial charge in [-0.25, -0.2) is 0 Å². The lowest BCUT2D eigenvalue weighted by molar-refractivity contribution is -0.122. The molecule has 122 valence electrons. The molecule has 22 heavy (non-hydrogen) atoms. The monoisotopic (exact) mass is 323 g/mol. The molecule has 1 saturated carbocycles. The molecule has 1 amide bonds. The topological polar surface area (TPSA) is 66.4 Å². The normalized spacial score (nSPS) is 17.1. The largest absolute Gasteiger partial charge is 0.396 e. The zero-order valence-corrected chi connectivity index (χ0v) is 13.7. The Hall–Kier alpha value is -1.20. The summed E-state index contributed by atoms with van der Waals surface area (Å²) in [5.74, 6) is 0.424. The molecule has 1 atom stereocenters. The molecule has 4 nitrogen and oxygen atoms in total. The molecule has 1 heterocycles. The van der Waals surface area contributed by atoms with Crippen molar-refractivity contribution in [1.82, 2.24) is 5.32 Å². The van der Waals surface area contributed by atoms with Gasteiger partial charge < -0.3 is 10.4 Å². The molecule has 0 spiro atoms. The van der Waals surface area contributed by atoms with Gasteiger partial charge in [0, 0.05) is 25.5 Å². The first-order valence-electron chi connectivity index (χ1n) is 8.17. The van der Waals surface area contributed by atoms with E-state index in [9.17, 15) is 14.7 Å². The maximum absolute atomic E-state index is 12.1. The van der Waals surface area contributed by atoms with Crippen molar-refractivity contribution in [2.45, 2.75) is 57.4 Å². The number of thiophene rings is 1. The fourth-order valence-corrected chi connectivity index (χ4v) is 3.86. The Balaban J connectivity index is 1.78. The molecule has 1 aromatic rings. The first-order chi connectivity index (χ1) is 10.7. The molecule has 1 aliphatic carbocycles. The van der Waals surface area contributed by atoms with Gasteiger partial charge in [0.15, 0.2) is 5.78 Å². The summed E-state index contributed by atoms with van der Waals surface area (Å²) in [7, 11) is 0. The van der Waals surface area contributed by atoms with Crippen molar-refractivity contribution in [3.05, 3.63) is 22.4 Å². The zero-order chi connectivity index (χ0) is 15.8. The summed E-state index contributed by atoms with van der Waals surface area (Å²) in [5.41, 5.74) is 0. The molecule has 5 heteroatoms. The summed E-state index contributed by atoms with van der Waals surface area (Å²) in [6, 6.07) is 3.69. The van der Waals surface area contributed by atoms with Crippen LogP contribution in [0.2, 0.25) is 0 Å². The van der Waals surface area contributed by atoms with E-state index in [1.165, 1.54) is 30.6 Å². The maximum atomic E-state index is 12.1. The molecule has 1 fully saturated rings. The first-order valence-corrected chi connectivity index (χ1v) is 9.05. The highest BCUT2D eigenvalue weighted by Gasteiger charge is 2.24. The highest BCUT2D eigenvalue weighted by atomic mass is 32.1. The van der Waals surface area contributed by atoms with Crippen LogP contribution in [0.3, 0.4) is 0 Å². The van der Waals surface area contributed by atoms with Gasteiger partial charge in [0.2, 0.25) is 5.91 Å². The van der Waals surface area contributed by atoms with Crippen LogP contribution < -0.4 is 5.32 Å². The van der Waals surface area contributed by atoms with Gasteiger partial charge in [0.05, 0.1) is 4.88 Å². The van der Waals surface area contributed by atoms with Crippen LogP contribution in [-0.2, 0) is 4.79 Å². The van der Waals surface area contributed by atoms with Crippen molar-refractivity contribution in [1.29, 1.82) is 0 Å². The van der Waals surface area contributed by atoms with E-state index < -0.39 is 0 Å². The maximum Gasteiger partial charge on any atom is 0.220 e. The number of carbonyl (C=O) groups excluding carboxylic acids is 2. The lowest BCUT2D eigenvalue weighted by Crippen LogP contribution is -2.41. The molecule has 2 rings (SSSR count). The third kappa shape index (κ3) is 5.21. The first kappa shape index (κ1) is 17.2. The standard InChI is InChI=1S/C17H25NO3S/c19-11-10-14(13-5-2-1-3-6-13)18-17(21)9-8-15(20)16-7-4-12-22-16/h4,7,12-14,19H,1-3,5-6,8-11H2,(H,18,21). The lowest BCUT2D eigenvalue weighted by atomic mass is 9.82. The smallest absolute Gasteiger partial charge is 0.220 e. The van der Waals surface area contributed by atoms with Crippen LogP contribution in [0.4, 0.5) is 0 Å². The van der Waals surface area contributed by atoms with Crippen LogP contribution in [0, 0.1) is 5.92 Å². The number of aliphatic hydroxyl groups excluding tert-OH is 1.